The van der Waals surface area contributed by atoms with Crippen molar-refractivity contribution in [3.05, 3.63) is 106 Å². The van der Waals surface area contributed by atoms with Crippen molar-refractivity contribution >= 4 is 34.3 Å². The fourth-order valence-corrected chi connectivity index (χ4v) is 4.17. The molecule has 0 spiro atoms. The number of carbonyl (C=O) groups excluding carboxylic acids is 1. The van der Waals surface area contributed by atoms with Crippen LogP contribution in [0.1, 0.15) is 32.9 Å². The quantitative estimate of drug-likeness (QED) is 0.299. The van der Waals surface area contributed by atoms with Crippen LogP contribution in [0, 0.1) is 20.8 Å². The Hall–Kier alpha value is -5.13. The summed E-state index contributed by atoms with van der Waals surface area (Å²) in [5, 5.41) is 6.21. The highest BCUT2D eigenvalue weighted by Gasteiger charge is 2.31. The highest BCUT2D eigenvalue weighted by Crippen LogP contribution is 2.30. The van der Waals surface area contributed by atoms with Gasteiger partial charge in [-0.3, -0.25) is 14.3 Å². The molecule has 0 saturated heterocycles. The van der Waals surface area contributed by atoms with Crippen LogP contribution >= 0.6 is 0 Å². The van der Waals surface area contributed by atoms with Crippen molar-refractivity contribution in [3.63, 3.8) is 0 Å². The van der Waals surface area contributed by atoms with E-state index in [1.165, 1.54) is 16.7 Å². The molecule has 0 saturated carbocycles. The number of hydrogen-bond acceptors (Lipinski definition) is 7. The summed E-state index contributed by atoms with van der Waals surface area (Å²) in [5.41, 5.74) is 1.93. The summed E-state index contributed by atoms with van der Waals surface area (Å²) in [7, 11) is 0. The molecule has 0 bridgehead atoms. The van der Waals surface area contributed by atoms with Gasteiger partial charge in [0.2, 0.25) is 5.95 Å². The fourth-order valence-electron chi connectivity index (χ4n) is 4.17. The van der Waals surface area contributed by atoms with Crippen molar-refractivity contribution in [3.8, 4) is 5.69 Å². The summed E-state index contributed by atoms with van der Waals surface area (Å²) in [4.78, 5) is 43.0. The van der Waals surface area contributed by atoms with Crippen LogP contribution in [0.3, 0.4) is 0 Å². The molecule has 3 heterocycles. The van der Waals surface area contributed by atoms with E-state index in [4.69, 9.17) is 0 Å². The molecule has 5 rings (SSSR count). The zero-order valence-electron chi connectivity index (χ0n) is 21.5. The summed E-state index contributed by atoms with van der Waals surface area (Å²) < 4.78 is 40.6. The Labute approximate surface area is 225 Å². The van der Waals surface area contributed by atoms with E-state index in [1.807, 2.05) is 13.0 Å². The molecule has 0 radical (unpaired) electrons. The number of aryl methyl sites for hydroxylation is 3. The molecule has 2 N–H and O–H groups in total. The number of aromatic nitrogens is 5. The first kappa shape index (κ1) is 26.5. The van der Waals surface area contributed by atoms with E-state index in [0.29, 0.717) is 28.0 Å². The molecule has 40 heavy (non-hydrogen) atoms. The van der Waals surface area contributed by atoms with Gasteiger partial charge in [0, 0.05) is 29.3 Å². The number of hydrogen-bond donors (Lipinski definition) is 2. The van der Waals surface area contributed by atoms with Crippen LogP contribution in [0.5, 0.6) is 0 Å². The first-order chi connectivity index (χ1) is 19.0. The van der Waals surface area contributed by atoms with Crippen LogP contribution in [0.4, 0.5) is 30.5 Å². The fraction of sp³-hybridized carbons (Fsp3) is 0.143. The normalized spacial score (nSPS) is 11.4. The third-order valence-corrected chi connectivity index (χ3v) is 6.30. The van der Waals surface area contributed by atoms with Gasteiger partial charge in [-0.1, -0.05) is 12.1 Å². The smallest absolute Gasteiger partial charge is 0.323 e. The van der Waals surface area contributed by atoms with Gasteiger partial charge in [-0.15, -0.1) is 0 Å². The minimum absolute atomic E-state index is 0.152. The molecule has 3 aromatic heterocycles. The van der Waals surface area contributed by atoms with Crippen LogP contribution in [-0.2, 0) is 6.18 Å². The lowest BCUT2D eigenvalue weighted by molar-refractivity contribution is -0.137. The zero-order valence-corrected chi connectivity index (χ0v) is 21.5. The monoisotopic (exact) mass is 545 g/mol. The van der Waals surface area contributed by atoms with Gasteiger partial charge in [0.15, 0.2) is 5.65 Å². The van der Waals surface area contributed by atoms with Crippen LogP contribution < -0.4 is 16.3 Å². The maximum Gasteiger partial charge on any atom is 0.416 e. The van der Waals surface area contributed by atoms with Gasteiger partial charge in [-0.2, -0.15) is 23.1 Å². The number of anilines is 3. The third-order valence-electron chi connectivity index (χ3n) is 6.30. The summed E-state index contributed by atoms with van der Waals surface area (Å²) >= 11 is 0. The van der Waals surface area contributed by atoms with Gasteiger partial charge < -0.3 is 10.6 Å². The highest BCUT2D eigenvalue weighted by molar-refractivity contribution is 6.04. The van der Waals surface area contributed by atoms with Gasteiger partial charge in [-0.05, 0) is 68.8 Å². The van der Waals surface area contributed by atoms with E-state index in [0.717, 1.165) is 17.8 Å². The molecule has 2 aromatic carbocycles. The van der Waals surface area contributed by atoms with E-state index >= 15 is 0 Å². The molecule has 12 heteroatoms. The van der Waals surface area contributed by atoms with E-state index in [9.17, 15) is 22.8 Å². The first-order valence-corrected chi connectivity index (χ1v) is 12.1. The molecule has 5 aromatic rings. The lowest BCUT2D eigenvalue weighted by Crippen LogP contribution is -2.25. The summed E-state index contributed by atoms with van der Waals surface area (Å²) in [6.07, 6.45) is -1.35. The SMILES string of the molecule is Cc1ccc(NC(=O)c2cccc(C(F)(F)F)c2)cc1-n1c(C)c2cnc(Nc3cccnc3C)nc2nc1=O. The number of nitrogens with zero attached hydrogens (tertiary/aromatic N) is 5. The molecule has 0 aliphatic carbocycles. The largest absolute Gasteiger partial charge is 0.416 e. The van der Waals surface area contributed by atoms with Crippen molar-refractivity contribution < 1.29 is 18.0 Å². The predicted octanol–water partition coefficient (Wildman–Crippen LogP) is 5.51. The van der Waals surface area contributed by atoms with Crippen molar-refractivity contribution in [1.29, 1.82) is 0 Å². The Bertz CT molecular complexity index is 1830. The Morgan fingerprint density at radius 1 is 0.950 bits per heavy atom. The molecule has 0 atom stereocenters. The third kappa shape index (κ3) is 5.23. The molecule has 1 amide bonds. The summed E-state index contributed by atoms with van der Waals surface area (Å²) in [6.45, 7) is 5.34. The second kappa shape index (κ2) is 10.2. The maximum atomic E-state index is 13.2. The van der Waals surface area contributed by atoms with Crippen molar-refractivity contribution in [2.24, 2.45) is 0 Å². The standard InChI is InChI=1S/C28H22F3N7O2/c1-15-9-10-20(34-25(39)18-6-4-7-19(12-18)28(29,30)31)13-23(15)38-17(3)21-14-33-26(36-24(21)37-27(38)40)35-22-8-5-11-32-16(22)2/h4-14H,1-3H3,(H,34,39)(H,35,36,37,40). The number of fused-ring (bicyclic) bond motifs is 1. The molecule has 9 nitrogen and oxygen atoms in total. The first-order valence-electron chi connectivity index (χ1n) is 12.1. The van der Waals surface area contributed by atoms with E-state index in [2.05, 4.69) is 30.6 Å². The molecular formula is C28H22F3N7O2. The average molecular weight is 546 g/mol. The zero-order chi connectivity index (χ0) is 28.6. The van der Waals surface area contributed by atoms with Gasteiger partial charge >= 0.3 is 11.9 Å². The average Bonchev–Trinajstić information content (AvgIpc) is 2.91. The second-order valence-corrected chi connectivity index (χ2v) is 9.04. The molecule has 0 fully saturated rings. The van der Waals surface area contributed by atoms with Crippen molar-refractivity contribution in [2.75, 3.05) is 10.6 Å². The van der Waals surface area contributed by atoms with Crippen LogP contribution in [0.25, 0.3) is 16.7 Å². The molecule has 0 unspecified atom stereocenters. The number of benzene rings is 2. The number of amides is 1. The number of pyridine rings is 1. The molecule has 0 aliphatic heterocycles. The van der Waals surface area contributed by atoms with Gasteiger partial charge in [-0.25, -0.2) is 9.78 Å². The lowest BCUT2D eigenvalue weighted by Gasteiger charge is -2.16. The number of nitrogens with one attached hydrogen (secondary N) is 2. The Morgan fingerprint density at radius 3 is 2.50 bits per heavy atom. The number of halogens is 3. The minimum atomic E-state index is -4.58. The van der Waals surface area contributed by atoms with Crippen LogP contribution in [0.15, 0.2) is 71.8 Å². The predicted molar refractivity (Wildman–Crippen MR) is 144 cm³/mol. The lowest BCUT2D eigenvalue weighted by atomic mass is 10.1. The highest BCUT2D eigenvalue weighted by atomic mass is 19.4. The number of rotatable bonds is 5. The van der Waals surface area contributed by atoms with E-state index in [1.54, 1.807) is 50.5 Å². The van der Waals surface area contributed by atoms with E-state index < -0.39 is 23.3 Å². The maximum absolute atomic E-state index is 13.2. The van der Waals surface area contributed by atoms with Crippen molar-refractivity contribution in [2.45, 2.75) is 26.9 Å². The Kier molecular flexibility index (Phi) is 6.76. The van der Waals surface area contributed by atoms with Crippen molar-refractivity contribution in [1.82, 2.24) is 24.5 Å². The molecule has 202 valence electrons. The topological polar surface area (TPSA) is 115 Å². The number of carbonyl (C=O) groups is 1. The van der Waals surface area contributed by atoms with E-state index in [-0.39, 0.29) is 22.8 Å². The summed E-state index contributed by atoms with van der Waals surface area (Å²) in [5.74, 6) is -0.470. The summed E-state index contributed by atoms with van der Waals surface area (Å²) in [6, 6.07) is 12.6. The molecule has 0 aliphatic rings. The second-order valence-electron chi connectivity index (χ2n) is 9.04. The van der Waals surface area contributed by atoms with Gasteiger partial charge in [0.05, 0.1) is 28.0 Å². The Morgan fingerprint density at radius 2 is 1.75 bits per heavy atom. The van der Waals surface area contributed by atoms with Crippen LogP contribution in [-0.4, -0.2) is 30.4 Å². The number of alkyl halides is 3. The van der Waals surface area contributed by atoms with Gasteiger partial charge in [0.25, 0.3) is 5.91 Å². The molecular weight excluding hydrogens is 523 g/mol. The van der Waals surface area contributed by atoms with Gasteiger partial charge in [0.1, 0.15) is 0 Å². The van der Waals surface area contributed by atoms with Crippen LogP contribution in [0.2, 0.25) is 0 Å². The Balaban J connectivity index is 1.48. The minimum Gasteiger partial charge on any atom is -0.323 e.